The molecular formula is C17H20N2O2. The summed E-state index contributed by atoms with van der Waals surface area (Å²) in [7, 11) is 1.95. The lowest BCUT2D eigenvalue weighted by molar-refractivity contribution is 0.0697. The molecule has 0 aromatic heterocycles. The second-order valence-corrected chi connectivity index (χ2v) is 5.36. The third kappa shape index (κ3) is 3.34. The maximum Gasteiger partial charge on any atom is 0.335 e. The first-order chi connectivity index (χ1) is 9.88. The molecule has 0 atom stereocenters. The fourth-order valence-corrected chi connectivity index (χ4v) is 2.35. The van der Waals surface area contributed by atoms with Gasteiger partial charge in [-0.25, -0.2) is 4.79 Å². The molecule has 0 saturated heterocycles. The molecule has 0 radical (unpaired) electrons. The number of hydrogen-bond donors (Lipinski definition) is 2. The lowest BCUT2D eigenvalue weighted by Gasteiger charge is -2.22. The van der Waals surface area contributed by atoms with Crippen molar-refractivity contribution in [3.63, 3.8) is 0 Å². The lowest BCUT2D eigenvalue weighted by atomic mass is 10.0. The number of nitrogens with two attached hydrogens (primary N) is 1. The number of carboxylic acid groups (broad SMARTS) is 1. The molecule has 0 aliphatic heterocycles. The Kier molecular flexibility index (Phi) is 4.17. The molecule has 4 heteroatoms. The van der Waals surface area contributed by atoms with Gasteiger partial charge in [-0.3, -0.25) is 0 Å². The van der Waals surface area contributed by atoms with Gasteiger partial charge in [-0.2, -0.15) is 0 Å². The average molecular weight is 284 g/mol. The summed E-state index contributed by atoms with van der Waals surface area (Å²) in [6.07, 6.45) is 0. The Morgan fingerprint density at radius 2 is 1.90 bits per heavy atom. The van der Waals surface area contributed by atoms with Crippen LogP contribution in [0.1, 0.15) is 27.0 Å². The summed E-state index contributed by atoms with van der Waals surface area (Å²) >= 11 is 0. The van der Waals surface area contributed by atoms with Crippen LogP contribution in [0.3, 0.4) is 0 Å². The molecule has 0 aliphatic rings. The Balaban J connectivity index is 2.26. The largest absolute Gasteiger partial charge is 0.478 e. The van der Waals surface area contributed by atoms with Gasteiger partial charge in [0.05, 0.1) is 16.9 Å². The number of nitrogen functional groups attached to an aromatic ring is 1. The minimum Gasteiger partial charge on any atom is -0.478 e. The van der Waals surface area contributed by atoms with Crippen LogP contribution in [0.15, 0.2) is 36.4 Å². The van der Waals surface area contributed by atoms with Crippen LogP contribution in [-0.4, -0.2) is 18.1 Å². The Labute approximate surface area is 124 Å². The number of hydrogen-bond acceptors (Lipinski definition) is 3. The van der Waals surface area contributed by atoms with E-state index in [9.17, 15) is 4.79 Å². The predicted molar refractivity (Wildman–Crippen MR) is 85.8 cm³/mol. The molecule has 0 amide bonds. The zero-order valence-corrected chi connectivity index (χ0v) is 12.6. The quantitative estimate of drug-likeness (QED) is 0.846. The Bertz CT molecular complexity index is 680. The minimum absolute atomic E-state index is 0.205. The van der Waals surface area contributed by atoms with E-state index in [2.05, 4.69) is 32.0 Å². The molecule has 2 aromatic rings. The molecule has 2 rings (SSSR count). The number of anilines is 2. The van der Waals surface area contributed by atoms with Crippen molar-refractivity contribution in [2.24, 2.45) is 0 Å². The molecule has 2 aromatic carbocycles. The van der Waals surface area contributed by atoms with Gasteiger partial charge < -0.3 is 15.7 Å². The van der Waals surface area contributed by atoms with Crippen LogP contribution in [0.5, 0.6) is 0 Å². The van der Waals surface area contributed by atoms with Crippen molar-refractivity contribution < 1.29 is 9.90 Å². The second kappa shape index (κ2) is 5.87. The number of rotatable bonds is 4. The molecule has 0 aliphatic carbocycles. The zero-order valence-electron chi connectivity index (χ0n) is 12.6. The first-order valence-electron chi connectivity index (χ1n) is 6.78. The molecule has 0 saturated carbocycles. The highest BCUT2D eigenvalue weighted by molar-refractivity contribution is 5.90. The van der Waals surface area contributed by atoms with E-state index in [-0.39, 0.29) is 5.56 Å². The fourth-order valence-electron chi connectivity index (χ4n) is 2.35. The van der Waals surface area contributed by atoms with Crippen LogP contribution < -0.4 is 10.6 Å². The van der Waals surface area contributed by atoms with Gasteiger partial charge in [-0.1, -0.05) is 23.8 Å². The summed E-state index contributed by atoms with van der Waals surface area (Å²) in [6, 6.07) is 11.2. The van der Waals surface area contributed by atoms with Crippen molar-refractivity contribution in [3.8, 4) is 0 Å². The standard InChI is InChI=1S/C17H20N2O2/c1-11-4-5-12(2)14(8-11)10-19(3)16-7-6-13(17(20)21)9-15(16)18/h4-9H,10,18H2,1-3H3,(H,20,21). The first kappa shape index (κ1) is 14.9. The summed E-state index contributed by atoms with van der Waals surface area (Å²) in [4.78, 5) is 13.0. The molecule has 0 spiro atoms. The highest BCUT2D eigenvalue weighted by Crippen LogP contribution is 2.25. The van der Waals surface area contributed by atoms with Gasteiger partial charge in [0, 0.05) is 13.6 Å². The van der Waals surface area contributed by atoms with Gasteiger partial charge in [0.2, 0.25) is 0 Å². The molecular weight excluding hydrogens is 264 g/mol. The van der Waals surface area contributed by atoms with Crippen molar-refractivity contribution in [1.29, 1.82) is 0 Å². The molecule has 21 heavy (non-hydrogen) atoms. The second-order valence-electron chi connectivity index (χ2n) is 5.36. The number of aromatic carboxylic acids is 1. The van der Waals surface area contributed by atoms with Gasteiger partial charge in [0.1, 0.15) is 0 Å². The van der Waals surface area contributed by atoms with E-state index in [0.717, 1.165) is 12.2 Å². The van der Waals surface area contributed by atoms with Crippen LogP contribution >= 0.6 is 0 Å². The van der Waals surface area contributed by atoms with Crippen LogP contribution in [0, 0.1) is 13.8 Å². The molecule has 0 heterocycles. The summed E-state index contributed by atoms with van der Waals surface area (Å²) in [6.45, 7) is 4.88. The van der Waals surface area contributed by atoms with Crippen molar-refractivity contribution in [2.45, 2.75) is 20.4 Å². The van der Waals surface area contributed by atoms with E-state index in [1.165, 1.54) is 22.8 Å². The third-order valence-corrected chi connectivity index (χ3v) is 3.60. The van der Waals surface area contributed by atoms with E-state index >= 15 is 0 Å². The topological polar surface area (TPSA) is 66.6 Å². The highest BCUT2D eigenvalue weighted by atomic mass is 16.4. The van der Waals surface area contributed by atoms with E-state index in [0.29, 0.717) is 5.69 Å². The van der Waals surface area contributed by atoms with Crippen LogP contribution in [0.25, 0.3) is 0 Å². The maximum atomic E-state index is 10.9. The molecule has 3 N–H and O–H groups in total. The maximum absolute atomic E-state index is 10.9. The monoisotopic (exact) mass is 284 g/mol. The number of carbonyl (C=O) groups is 1. The van der Waals surface area contributed by atoms with Gasteiger partial charge in [-0.15, -0.1) is 0 Å². The van der Waals surface area contributed by atoms with Crippen LogP contribution in [0.4, 0.5) is 11.4 Å². The molecule has 0 unspecified atom stereocenters. The van der Waals surface area contributed by atoms with E-state index in [4.69, 9.17) is 10.8 Å². The number of benzene rings is 2. The van der Waals surface area contributed by atoms with Crippen molar-refractivity contribution >= 4 is 17.3 Å². The Hall–Kier alpha value is -2.49. The van der Waals surface area contributed by atoms with Crippen molar-refractivity contribution in [2.75, 3.05) is 17.7 Å². The highest BCUT2D eigenvalue weighted by Gasteiger charge is 2.11. The summed E-state index contributed by atoms with van der Waals surface area (Å²) in [5, 5.41) is 8.97. The Morgan fingerprint density at radius 1 is 1.19 bits per heavy atom. The van der Waals surface area contributed by atoms with Crippen molar-refractivity contribution in [3.05, 3.63) is 58.7 Å². The van der Waals surface area contributed by atoms with Gasteiger partial charge >= 0.3 is 5.97 Å². The number of nitrogens with zero attached hydrogens (tertiary/aromatic N) is 1. The number of carboxylic acids is 1. The molecule has 110 valence electrons. The third-order valence-electron chi connectivity index (χ3n) is 3.60. The number of aryl methyl sites for hydroxylation is 2. The molecule has 4 nitrogen and oxygen atoms in total. The smallest absolute Gasteiger partial charge is 0.335 e. The Morgan fingerprint density at radius 3 is 2.52 bits per heavy atom. The molecule has 0 fully saturated rings. The SMILES string of the molecule is Cc1ccc(C)c(CN(C)c2ccc(C(=O)O)cc2N)c1. The molecule has 0 bridgehead atoms. The minimum atomic E-state index is -0.967. The normalized spacial score (nSPS) is 10.4. The predicted octanol–water partition coefficient (Wildman–Crippen LogP) is 3.22. The average Bonchev–Trinajstić information content (AvgIpc) is 2.42. The van der Waals surface area contributed by atoms with Crippen LogP contribution in [0.2, 0.25) is 0 Å². The van der Waals surface area contributed by atoms with E-state index in [1.54, 1.807) is 12.1 Å². The van der Waals surface area contributed by atoms with E-state index in [1.807, 2.05) is 11.9 Å². The lowest BCUT2D eigenvalue weighted by Crippen LogP contribution is -2.19. The van der Waals surface area contributed by atoms with Gasteiger partial charge in [0.25, 0.3) is 0 Å². The van der Waals surface area contributed by atoms with E-state index < -0.39 is 5.97 Å². The van der Waals surface area contributed by atoms with Crippen molar-refractivity contribution in [1.82, 2.24) is 0 Å². The summed E-state index contributed by atoms with van der Waals surface area (Å²) in [5.74, 6) is -0.967. The summed E-state index contributed by atoms with van der Waals surface area (Å²) in [5.41, 5.74) is 11.2. The first-order valence-corrected chi connectivity index (χ1v) is 6.78. The van der Waals surface area contributed by atoms with Crippen LogP contribution in [-0.2, 0) is 6.54 Å². The zero-order chi connectivity index (χ0) is 15.6. The van der Waals surface area contributed by atoms with Gasteiger partial charge in [0.15, 0.2) is 0 Å². The fraction of sp³-hybridized carbons (Fsp3) is 0.235. The summed E-state index contributed by atoms with van der Waals surface area (Å²) < 4.78 is 0. The van der Waals surface area contributed by atoms with Gasteiger partial charge in [-0.05, 0) is 43.2 Å².